The lowest BCUT2D eigenvalue weighted by molar-refractivity contribution is 0.645. The van der Waals surface area contributed by atoms with Crippen LogP contribution in [0.5, 0.6) is 0 Å². The minimum atomic E-state index is 0.845. The van der Waals surface area contributed by atoms with Crippen LogP contribution in [0.2, 0.25) is 0 Å². The molecule has 0 fully saturated rings. The normalized spacial score (nSPS) is 11.7. The van der Waals surface area contributed by atoms with Crippen molar-refractivity contribution >= 4 is 72.0 Å². The van der Waals surface area contributed by atoms with E-state index in [1.807, 2.05) is 18.2 Å². The zero-order valence-corrected chi connectivity index (χ0v) is 29.2. The lowest BCUT2D eigenvalue weighted by atomic mass is 9.98. The van der Waals surface area contributed by atoms with Gasteiger partial charge >= 0.3 is 0 Å². The van der Waals surface area contributed by atoms with Crippen molar-refractivity contribution in [1.82, 2.24) is 4.57 Å². The van der Waals surface area contributed by atoms with Crippen LogP contribution >= 0.6 is 0 Å². The van der Waals surface area contributed by atoms with Crippen molar-refractivity contribution in [3.8, 4) is 27.9 Å². The van der Waals surface area contributed by atoms with Gasteiger partial charge in [0.25, 0.3) is 0 Å². The molecule has 11 rings (SSSR count). The summed E-state index contributed by atoms with van der Waals surface area (Å²) in [5, 5.41) is 5.58. The van der Waals surface area contributed by atoms with Crippen LogP contribution < -0.4 is 4.90 Å². The van der Waals surface area contributed by atoms with Gasteiger partial charge in [0.1, 0.15) is 11.2 Å². The van der Waals surface area contributed by atoms with E-state index in [2.05, 4.69) is 185 Å². The molecular weight excluding hydrogens is 661 g/mol. The topological polar surface area (TPSA) is 34.5 Å². The molecule has 0 radical (unpaired) electrons. The van der Waals surface area contributed by atoms with Crippen molar-refractivity contribution in [2.75, 3.05) is 4.90 Å². The number of fused-ring (bicyclic) bond motifs is 8. The average molecular weight is 693 g/mol. The number of para-hydroxylation sites is 4. The third kappa shape index (κ3) is 4.70. The summed E-state index contributed by atoms with van der Waals surface area (Å²) in [7, 11) is 0. The molecule has 0 amide bonds. The molecule has 0 spiro atoms. The lowest BCUT2D eigenvalue weighted by Crippen LogP contribution is -2.10. The number of furan rings is 2. The van der Waals surface area contributed by atoms with Crippen LogP contribution in [0.25, 0.3) is 82.9 Å². The number of nitrogens with zero attached hydrogens (tertiary/aromatic N) is 2. The van der Waals surface area contributed by atoms with Crippen LogP contribution in [0.4, 0.5) is 17.1 Å². The molecule has 0 aliphatic rings. The lowest BCUT2D eigenvalue weighted by Gasteiger charge is -2.26. The van der Waals surface area contributed by atoms with Gasteiger partial charge in [-0.1, -0.05) is 133 Å². The second-order valence-corrected chi connectivity index (χ2v) is 13.7. The third-order valence-corrected chi connectivity index (χ3v) is 10.6. The molecule has 0 unspecified atom stereocenters. The first-order valence-corrected chi connectivity index (χ1v) is 18.3. The van der Waals surface area contributed by atoms with Crippen molar-refractivity contribution in [2.24, 2.45) is 0 Å². The highest BCUT2D eigenvalue weighted by molar-refractivity contribution is 6.24. The van der Waals surface area contributed by atoms with Gasteiger partial charge in [0.2, 0.25) is 5.71 Å². The fourth-order valence-corrected chi connectivity index (χ4v) is 8.19. The highest BCUT2D eigenvalue weighted by Gasteiger charge is 2.24. The molecule has 3 heterocycles. The van der Waals surface area contributed by atoms with Gasteiger partial charge in [-0.15, -0.1) is 0 Å². The number of benzene rings is 8. The van der Waals surface area contributed by atoms with Gasteiger partial charge in [-0.2, -0.15) is 0 Å². The standard InChI is InChI=1S/C50H32N2O2/c1-3-14-33(15-4-1)34-28-30-37(31-29-34)51(44-25-13-23-41-40-20-7-9-26-45(40)53-49(41)44)38-19-11-16-35(32-38)39-22-12-24-43-47(39)48-42-21-8-10-27-46(42)54-50(48)52(43)36-17-5-2-6-18-36/h1-32H. The van der Waals surface area contributed by atoms with Crippen molar-refractivity contribution in [1.29, 1.82) is 0 Å². The molecule has 0 saturated heterocycles. The predicted molar refractivity (Wildman–Crippen MR) is 223 cm³/mol. The van der Waals surface area contributed by atoms with Crippen molar-refractivity contribution < 1.29 is 8.83 Å². The molecule has 0 aliphatic carbocycles. The summed E-state index contributed by atoms with van der Waals surface area (Å²) in [6.07, 6.45) is 0. The Labute approximate surface area is 311 Å². The zero-order chi connectivity index (χ0) is 35.6. The van der Waals surface area contributed by atoms with Gasteiger partial charge in [-0.3, -0.25) is 4.57 Å². The van der Waals surface area contributed by atoms with E-state index in [0.29, 0.717) is 0 Å². The molecule has 11 aromatic rings. The van der Waals surface area contributed by atoms with E-state index in [0.717, 1.165) is 88.8 Å². The number of anilines is 3. The second-order valence-electron chi connectivity index (χ2n) is 13.7. The van der Waals surface area contributed by atoms with E-state index in [9.17, 15) is 0 Å². The van der Waals surface area contributed by atoms with Gasteiger partial charge in [0, 0.05) is 38.6 Å². The molecule has 4 heteroatoms. The summed E-state index contributed by atoms with van der Waals surface area (Å²) < 4.78 is 15.5. The Morgan fingerprint density at radius 2 is 1.04 bits per heavy atom. The molecule has 0 aliphatic heterocycles. The summed E-state index contributed by atoms with van der Waals surface area (Å²) in [6.45, 7) is 0. The first-order chi connectivity index (χ1) is 26.8. The Hall–Kier alpha value is -7.30. The molecule has 54 heavy (non-hydrogen) atoms. The first-order valence-electron chi connectivity index (χ1n) is 18.3. The van der Waals surface area contributed by atoms with Gasteiger partial charge in [0.15, 0.2) is 5.58 Å². The molecule has 0 N–H and O–H groups in total. The van der Waals surface area contributed by atoms with E-state index >= 15 is 0 Å². The Bertz CT molecular complexity index is 3150. The third-order valence-electron chi connectivity index (χ3n) is 10.6. The Morgan fingerprint density at radius 3 is 1.85 bits per heavy atom. The first kappa shape index (κ1) is 30.3. The fraction of sp³-hybridized carbons (Fsp3) is 0. The monoisotopic (exact) mass is 692 g/mol. The van der Waals surface area contributed by atoms with Crippen LogP contribution in [0, 0.1) is 0 Å². The van der Waals surface area contributed by atoms with E-state index in [1.165, 1.54) is 11.1 Å². The summed E-state index contributed by atoms with van der Waals surface area (Å²) >= 11 is 0. The summed E-state index contributed by atoms with van der Waals surface area (Å²) in [4.78, 5) is 2.32. The minimum absolute atomic E-state index is 0.845. The second kappa shape index (κ2) is 12.1. The highest BCUT2D eigenvalue weighted by Crippen LogP contribution is 2.46. The van der Waals surface area contributed by atoms with Crippen LogP contribution in [-0.4, -0.2) is 4.57 Å². The van der Waals surface area contributed by atoms with Gasteiger partial charge < -0.3 is 13.7 Å². The Morgan fingerprint density at radius 1 is 0.407 bits per heavy atom. The quantitative estimate of drug-likeness (QED) is 0.174. The molecule has 8 aromatic carbocycles. The predicted octanol–water partition coefficient (Wildman–Crippen LogP) is 14.2. The van der Waals surface area contributed by atoms with Crippen LogP contribution in [-0.2, 0) is 0 Å². The minimum Gasteiger partial charge on any atom is -0.454 e. The number of aromatic nitrogens is 1. The SMILES string of the molecule is c1ccc(-c2ccc(N(c3cccc(-c4cccc5c4c4c6ccccc6oc4n5-c4ccccc4)c3)c3cccc4c3oc3ccccc34)cc2)cc1. The van der Waals surface area contributed by atoms with E-state index in [4.69, 9.17) is 8.83 Å². The fourth-order valence-electron chi connectivity index (χ4n) is 8.19. The van der Waals surface area contributed by atoms with Crippen LogP contribution in [0.1, 0.15) is 0 Å². The molecular formula is C50H32N2O2. The van der Waals surface area contributed by atoms with Crippen LogP contribution in [0.3, 0.4) is 0 Å². The molecule has 0 saturated carbocycles. The summed E-state index contributed by atoms with van der Waals surface area (Å²) in [6, 6.07) is 68.3. The van der Waals surface area contributed by atoms with Crippen LogP contribution in [0.15, 0.2) is 203 Å². The molecule has 254 valence electrons. The molecule has 4 nitrogen and oxygen atoms in total. The van der Waals surface area contributed by atoms with E-state index in [-0.39, 0.29) is 0 Å². The Kier molecular flexibility index (Phi) is 6.82. The Balaban J connectivity index is 1.15. The smallest absolute Gasteiger partial charge is 0.213 e. The highest BCUT2D eigenvalue weighted by atomic mass is 16.3. The van der Waals surface area contributed by atoms with Gasteiger partial charge in [-0.25, -0.2) is 0 Å². The average Bonchev–Trinajstić information content (AvgIpc) is 3.91. The largest absolute Gasteiger partial charge is 0.454 e. The van der Waals surface area contributed by atoms with Crippen molar-refractivity contribution in [2.45, 2.75) is 0 Å². The molecule has 3 aromatic heterocycles. The summed E-state index contributed by atoms with van der Waals surface area (Å²) in [5.74, 6) is 0. The zero-order valence-electron chi connectivity index (χ0n) is 29.2. The molecule has 0 bridgehead atoms. The van der Waals surface area contributed by atoms with Crippen molar-refractivity contribution in [3.05, 3.63) is 194 Å². The number of rotatable bonds is 6. The van der Waals surface area contributed by atoms with E-state index in [1.54, 1.807) is 0 Å². The number of hydrogen-bond acceptors (Lipinski definition) is 3. The maximum Gasteiger partial charge on any atom is 0.213 e. The maximum absolute atomic E-state index is 6.64. The van der Waals surface area contributed by atoms with E-state index < -0.39 is 0 Å². The summed E-state index contributed by atoms with van der Waals surface area (Å²) in [5.41, 5.74) is 13.3. The van der Waals surface area contributed by atoms with Gasteiger partial charge in [-0.05, 0) is 82.9 Å². The number of hydrogen-bond donors (Lipinski definition) is 0. The van der Waals surface area contributed by atoms with Crippen molar-refractivity contribution in [3.63, 3.8) is 0 Å². The van der Waals surface area contributed by atoms with Gasteiger partial charge in [0.05, 0.1) is 16.6 Å². The molecule has 0 atom stereocenters. The maximum atomic E-state index is 6.64.